The fourth-order valence-electron chi connectivity index (χ4n) is 2.31. The van der Waals surface area contributed by atoms with Gasteiger partial charge in [-0.05, 0) is 45.2 Å². The van der Waals surface area contributed by atoms with Gasteiger partial charge < -0.3 is 4.74 Å². The minimum Gasteiger partial charge on any atom is -0.459 e. The molecule has 1 aromatic carbocycles. The fraction of sp³-hybridized carbons (Fsp3) is 0.500. The van der Waals surface area contributed by atoms with Gasteiger partial charge in [0.2, 0.25) is 5.91 Å². The van der Waals surface area contributed by atoms with E-state index in [2.05, 4.69) is 5.43 Å². The molecule has 1 aromatic rings. The zero-order chi connectivity index (χ0) is 15.5. The van der Waals surface area contributed by atoms with Crippen molar-refractivity contribution in [3.63, 3.8) is 0 Å². The Morgan fingerprint density at radius 3 is 2.71 bits per heavy atom. The Kier molecular flexibility index (Phi) is 4.63. The van der Waals surface area contributed by atoms with Crippen LogP contribution in [0.25, 0.3) is 0 Å². The zero-order valence-corrected chi connectivity index (χ0v) is 12.8. The molecule has 1 aliphatic heterocycles. The van der Waals surface area contributed by atoms with Crippen molar-refractivity contribution in [3.8, 4) is 0 Å². The van der Waals surface area contributed by atoms with E-state index in [0.29, 0.717) is 6.42 Å². The molecule has 5 heteroatoms. The first-order valence-electron chi connectivity index (χ1n) is 7.23. The Balaban J connectivity index is 2.07. The molecule has 0 saturated carbocycles. The molecule has 1 heterocycles. The van der Waals surface area contributed by atoms with E-state index in [0.717, 1.165) is 24.1 Å². The average molecular weight is 290 g/mol. The van der Waals surface area contributed by atoms with Crippen LogP contribution in [-0.2, 0) is 20.7 Å². The third kappa shape index (κ3) is 4.29. The number of rotatable bonds is 3. The molecule has 1 N–H and O–H groups in total. The van der Waals surface area contributed by atoms with Crippen molar-refractivity contribution in [1.29, 1.82) is 0 Å². The number of carbonyl (C=O) groups excluding carboxylic acids is 2. The standard InChI is InChI=1S/C16H22N2O3/c1-16(2,3)21-15(20)11-17-18-13-9-5-4-7-12(13)8-6-10-14(18)19/h4-5,7,9,17H,6,8,10-11H2,1-3H3. The van der Waals surface area contributed by atoms with Gasteiger partial charge in [-0.25, -0.2) is 10.4 Å². The van der Waals surface area contributed by atoms with Gasteiger partial charge in [-0.3, -0.25) is 9.59 Å². The maximum absolute atomic E-state index is 12.2. The van der Waals surface area contributed by atoms with Gasteiger partial charge in [0, 0.05) is 6.42 Å². The third-order valence-electron chi connectivity index (χ3n) is 3.12. The monoisotopic (exact) mass is 290 g/mol. The molecule has 0 saturated heterocycles. The molecular formula is C16H22N2O3. The smallest absolute Gasteiger partial charge is 0.322 e. The number of benzene rings is 1. The van der Waals surface area contributed by atoms with Crippen LogP contribution in [0.3, 0.4) is 0 Å². The average Bonchev–Trinajstić information content (AvgIpc) is 2.53. The number of anilines is 1. The molecule has 1 amide bonds. The predicted octanol–water partition coefficient (Wildman–Crippen LogP) is 2.20. The van der Waals surface area contributed by atoms with Crippen LogP contribution in [0.4, 0.5) is 5.69 Å². The molecule has 2 rings (SSSR count). The summed E-state index contributed by atoms with van der Waals surface area (Å²) in [4.78, 5) is 24.0. The first-order valence-corrected chi connectivity index (χ1v) is 7.23. The molecule has 0 aliphatic carbocycles. The Bertz CT molecular complexity index is 535. The second-order valence-electron chi connectivity index (χ2n) is 6.13. The molecule has 1 aliphatic rings. The van der Waals surface area contributed by atoms with Crippen LogP contribution >= 0.6 is 0 Å². The van der Waals surface area contributed by atoms with Crippen molar-refractivity contribution in [1.82, 2.24) is 5.43 Å². The summed E-state index contributed by atoms with van der Waals surface area (Å²) in [5.74, 6) is -0.402. The lowest BCUT2D eigenvalue weighted by atomic mass is 10.1. The number of aryl methyl sites for hydroxylation is 1. The first kappa shape index (κ1) is 15.5. The lowest BCUT2D eigenvalue weighted by Crippen LogP contribution is -2.46. The molecule has 0 spiro atoms. The van der Waals surface area contributed by atoms with E-state index in [4.69, 9.17) is 4.74 Å². The lowest BCUT2D eigenvalue weighted by Gasteiger charge is -2.25. The second kappa shape index (κ2) is 6.26. The normalized spacial score (nSPS) is 15.4. The summed E-state index contributed by atoms with van der Waals surface area (Å²) in [7, 11) is 0. The number of esters is 1. The van der Waals surface area contributed by atoms with Gasteiger partial charge >= 0.3 is 5.97 Å². The number of hydrogen-bond acceptors (Lipinski definition) is 4. The van der Waals surface area contributed by atoms with Crippen molar-refractivity contribution in [2.24, 2.45) is 0 Å². The summed E-state index contributed by atoms with van der Waals surface area (Å²) in [6.07, 6.45) is 2.16. The van der Waals surface area contributed by atoms with Crippen LogP contribution < -0.4 is 10.4 Å². The van der Waals surface area contributed by atoms with Gasteiger partial charge in [0.1, 0.15) is 12.1 Å². The van der Waals surface area contributed by atoms with Crippen molar-refractivity contribution >= 4 is 17.6 Å². The Morgan fingerprint density at radius 2 is 2.00 bits per heavy atom. The summed E-state index contributed by atoms with van der Waals surface area (Å²) in [6.45, 7) is 5.42. The minimum atomic E-state index is -0.528. The molecule has 0 atom stereocenters. The molecule has 0 fully saturated rings. The first-order chi connectivity index (χ1) is 9.87. The molecule has 5 nitrogen and oxygen atoms in total. The number of ether oxygens (including phenoxy) is 1. The van der Waals surface area contributed by atoms with Gasteiger partial charge in [-0.15, -0.1) is 0 Å². The van der Waals surface area contributed by atoms with Crippen molar-refractivity contribution < 1.29 is 14.3 Å². The van der Waals surface area contributed by atoms with E-state index in [1.54, 1.807) is 0 Å². The Labute approximate surface area is 125 Å². The highest BCUT2D eigenvalue weighted by Gasteiger charge is 2.23. The van der Waals surface area contributed by atoms with Crippen LogP contribution in [-0.4, -0.2) is 24.0 Å². The summed E-state index contributed by atoms with van der Waals surface area (Å²) in [5, 5.41) is 1.48. The number of hydrogen-bond donors (Lipinski definition) is 1. The molecule has 21 heavy (non-hydrogen) atoms. The molecule has 0 aromatic heterocycles. The van der Waals surface area contributed by atoms with Gasteiger partial charge in [-0.1, -0.05) is 18.2 Å². The summed E-state index contributed by atoms with van der Waals surface area (Å²) < 4.78 is 5.24. The highest BCUT2D eigenvalue weighted by Crippen LogP contribution is 2.25. The maximum atomic E-state index is 12.2. The lowest BCUT2D eigenvalue weighted by molar-refractivity contribution is -0.153. The Hall–Kier alpha value is -1.88. The van der Waals surface area contributed by atoms with E-state index in [-0.39, 0.29) is 18.4 Å². The van der Waals surface area contributed by atoms with E-state index < -0.39 is 5.60 Å². The highest BCUT2D eigenvalue weighted by molar-refractivity contribution is 5.94. The van der Waals surface area contributed by atoms with Crippen molar-refractivity contribution in [3.05, 3.63) is 29.8 Å². The van der Waals surface area contributed by atoms with E-state index in [9.17, 15) is 9.59 Å². The topological polar surface area (TPSA) is 58.6 Å². The number of nitrogens with one attached hydrogen (secondary N) is 1. The summed E-state index contributed by atoms with van der Waals surface area (Å²) >= 11 is 0. The van der Waals surface area contributed by atoms with Crippen LogP contribution in [0.5, 0.6) is 0 Å². The number of para-hydroxylation sites is 1. The summed E-state index contributed by atoms with van der Waals surface area (Å²) in [5.41, 5.74) is 4.30. The quantitative estimate of drug-likeness (QED) is 0.867. The van der Waals surface area contributed by atoms with Crippen LogP contribution in [0.15, 0.2) is 24.3 Å². The largest absolute Gasteiger partial charge is 0.459 e. The van der Waals surface area contributed by atoms with E-state index >= 15 is 0 Å². The van der Waals surface area contributed by atoms with Crippen LogP contribution in [0, 0.1) is 0 Å². The maximum Gasteiger partial charge on any atom is 0.322 e. The molecule has 0 radical (unpaired) electrons. The summed E-state index contributed by atoms with van der Waals surface area (Å²) in [6, 6.07) is 7.75. The SMILES string of the molecule is CC(C)(C)OC(=O)CNN1C(=O)CCCc2ccccc21. The van der Waals surface area contributed by atoms with Crippen LogP contribution in [0.1, 0.15) is 39.2 Å². The number of hydrazine groups is 1. The number of nitrogens with zero attached hydrogens (tertiary/aromatic N) is 1. The predicted molar refractivity (Wildman–Crippen MR) is 80.7 cm³/mol. The fourth-order valence-corrected chi connectivity index (χ4v) is 2.31. The van der Waals surface area contributed by atoms with E-state index in [1.807, 2.05) is 45.0 Å². The van der Waals surface area contributed by atoms with E-state index in [1.165, 1.54) is 5.01 Å². The number of fused-ring (bicyclic) bond motifs is 1. The third-order valence-corrected chi connectivity index (χ3v) is 3.12. The minimum absolute atomic E-state index is 0.0245. The molecular weight excluding hydrogens is 268 g/mol. The molecule has 114 valence electrons. The highest BCUT2D eigenvalue weighted by atomic mass is 16.6. The molecule has 0 bridgehead atoms. The van der Waals surface area contributed by atoms with Gasteiger partial charge in [0.25, 0.3) is 0 Å². The second-order valence-corrected chi connectivity index (χ2v) is 6.13. The van der Waals surface area contributed by atoms with Gasteiger partial charge in [0.05, 0.1) is 5.69 Å². The van der Waals surface area contributed by atoms with Crippen molar-refractivity contribution in [2.45, 2.75) is 45.6 Å². The Morgan fingerprint density at radius 1 is 1.29 bits per heavy atom. The zero-order valence-electron chi connectivity index (χ0n) is 12.8. The van der Waals surface area contributed by atoms with Crippen molar-refractivity contribution in [2.75, 3.05) is 11.6 Å². The number of carbonyl (C=O) groups is 2. The molecule has 0 unspecified atom stereocenters. The van der Waals surface area contributed by atoms with Gasteiger partial charge in [0.15, 0.2) is 0 Å². The van der Waals surface area contributed by atoms with Crippen LogP contribution in [0.2, 0.25) is 0 Å². The van der Waals surface area contributed by atoms with Gasteiger partial charge in [-0.2, -0.15) is 0 Å². The number of amides is 1.